The maximum atomic E-state index is 12.8. The Morgan fingerprint density at radius 2 is 1.97 bits per heavy atom. The highest BCUT2D eigenvalue weighted by atomic mass is 32.2. The number of nitrogens with zero attached hydrogens (tertiary/aromatic N) is 1. The minimum absolute atomic E-state index is 0.106. The van der Waals surface area contributed by atoms with Gasteiger partial charge in [0.05, 0.1) is 6.61 Å². The lowest BCUT2D eigenvalue weighted by molar-refractivity contribution is 0.341. The van der Waals surface area contributed by atoms with E-state index in [1.165, 1.54) is 6.21 Å². The maximum Gasteiger partial charge on any atom is 0.258 e. The van der Waals surface area contributed by atoms with Gasteiger partial charge < -0.3 is 24.6 Å². The van der Waals surface area contributed by atoms with Crippen LogP contribution in [0, 0.1) is 5.41 Å². The largest absolute Gasteiger partial charge is 0.611 e. The van der Waals surface area contributed by atoms with Crippen molar-refractivity contribution in [3.05, 3.63) is 64.7 Å². The van der Waals surface area contributed by atoms with Gasteiger partial charge in [0, 0.05) is 60.9 Å². The number of hydrogen-bond donors (Lipinski definition) is 2. The number of benzene rings is 2. The number of pyridine rings is 1. The highest BCUT2D eigenvalue weighted by Crippen LogP contribution is 2.37. The third kappa shape index (κ3) is 4.52. The summed E-state index contributed by atoms with van der Waals surface area (Å²) in [5, 5.41) is 12.0. The van der Waals surface area contributed by atoms with Crippen LogP contribution in [0.5, 0.6) is 5.75 Å². The van der Waals surface area contributed by atoms with Crippen LogP contribution in [0.25, 0.3) is 27.5 Å². The molecule has 0 saturated carbocycles. The second kappa shape index (κ2) is 9.85. The molecule has 2 aromatic carbocycles. The van der Waals surface area contributed by atoms with Crippen molar-refractivity contribution in [3.63, 3.8) is 0 Å². The van der Waals surface area contributed by atoms with Gasteiger partial charge in [0.15, 0.2) is 4.90 Å². The second-order valence-electron chi connectivity index (χ2n) is 6.98. The standard InChI is InChI=1S/C24H27N3O3S/c1-5-30-23-10-8-18(31(29)6-2)12-21(23)22-15-27(4)24(28)19-9-7-16(11-20(19)22)17(13-25)14-26-3/h7-15,25-26H,5-6H2,1-4H3/b17-14+,25-13?. The van der Waals surface area contributed by atoms with Crippen LogP contribution < -0.4 is 15.6 Å². The molecule has 0 radical (unpaired) electrons. The second-order valence-corrected chi connectivity index (χ2v) is 8.72. The minimum Gasteiger partial charge on any atom is -0.611 e. The Kier molecular flexibility index (Phi) is 7.20. The van der Waals surface area contributed by atoms with Crippen LogP contribution in [-0.4, -0.2) is 34.7 Å². The number of rotatable bonds is 8. The summed E-state index contributed by atoms with van der Waals surface area (Å²) in [6.07, 6.45) is 4.80. The topological polar surface area (TPSA) is 90.2 Å². The van der Waals surface area contributed by atoms with E-state index in [1.54, 1.807) is 37.1 Å². The molecular weight excluding hydrogens is 410 g/mol. The molecule has 1 unspecified atom stereocenters. The number of aromatic nitrogens is 1. The molecule has 0 amide bonds. The van der Waals surface area contributed by atoms with Crippen molar-refractivity contribution in [2.24, 2.45) is 7.05 Å². The van der Waals surface area contributed by atoms with Crippen molar-refractivity contribution < 1.29 is 9.29 Å². The average molecular weight is 438 g/mol. The average Bonchev–Trinajstić information content (AvgIpc) is 2.79. The first kappa shape index (κ1) is 22.7. The minimum atomic E-state index is -1.12. The van der Waals surface area contributed by atoms with E-state index in [4.69, 9.17) is 10.1 Å². The molecule has 3 aromatic rings. The van der Waals surface area contributed by atoms with Crippen molar-refractivity contribution in [1.29, 1.82) is 5.41 Å². The molecule has 1 heterocycles. The predicted octanol–water partition coefficient (Wildman–Crippen LogP) is 3.94. The fourth-order valence-electron chi connectivity index (χ4n) is 3.53. The summed E-state index contributed by atoms with van der Waals surface area (Å²) in [6.45, 7) is 4.28. The van der Waals surface area contributed by atoms with Gasteiger partial charge in [-0.1, -0.05) is 6.07 Å². The van der Waals surface area contributed by atoms with Crippen molar-refractivity contribution >= 4 is 33.7 Å². The molecule has 2 N–H and O–H groups in total. The van der Waals surface area contributed by atoms with Gasteiger partial charge in [0.25, 0.3) is 5.56 Å². The molecule has 6 nitrogen and oxygen atoms in total. The normalized spacial score (nSPS) is 12.6. The van der Waals surface area contributed by atoms with E-state index in [0.29, 0.717) is 29.1 Å². The Labute approximate surface area is 185 Å². The van der Waals surface area contributed by atoms with Gasteiger partial charge in [-0.2, -0.15) is 0 Å². The first-order valence-electron chi connectivity index (χ1n) is 10.1. The summed E-state index contributed by atoms with van der Waals surface area (Å²) >= 11 is -1.12. The van der Waals surface area contributed by atoms with Crippen LogP contribution in [-0.2, 0) is 18.2 Å². The predicted molar refractivity (Wildman–Crippen MR) is 129 cm³/mol. The molecule has 162 valence electrons. The van der Waals surface area contributed by atoms with Crippen LogP contribution in [0.2, 0.25) is 0 Å². The zero-order chi connectivity index (χ0) is 22.5. The van der Waals surface area contributed by atoms with Gasteiger partial charge >= 0.3 is 0 Å². The Bertz CT molecular complexity index is 1200. The van der Waals surface area contributed by atoms with Gasteiger partial charge in [-0.3, -0.25) is 4.79 Å². The van der Waals surface area contributed by atoms with E-state index >= 15 is 0 Å². The molecule has 31 heavy (non-hydrogen) atoms. The van der Waals surface area contributed by atoms with Crippen molar-refractivity contribution in [1.82, 2.24) is 9.88 Å². The van der Waals surface area contributed by atoms with E-state index in [2.05, 4.69) is 5.32 Å². The molecule has 1 atom stereocenters. The summed E-state index contributed by atoms with van der Waals surface area (Å²) < 4.78 is 19.9. The molecule has 0 spiro atoms. The van der Waals surface area contributed by atoms with Crippen LogP contribution in [0.3, 0.4) is 0 Å². The smallest absolute Gasteiger partial charge is 0.258 e. The number of fused-ring (bicyclic) bond motifs is 1. The Morgan fingerprint density at radius 3 is 2.61 bits per heavy atom. The van der Waals surface area contributed by atoms with Crippen molar-refractivity contribution in [2.45, 2.75) is 18.7 Å². The lowest BCUT2D eigenvalue weighted by atomic mass is 9.96. The summed E-state index contributed by atoms with van der Waals surface area (Å²) in [5.41, 5.74) is 3.00. The molecule has 0 aliphatic rings. The maximum absolute atomic E-state index is 12.8. The molecule has 0 bridgehead atoms. The zero-order valence-corrected chi connectivity index (χ0v) is 19.0. The van der Waals surface area contributed by atoms with Crippen LogP contribution in [0.4, 0.5) is 0 Å². The number of allylic oxidation sites excluding steroid dienone is 1. The van der Waals surface area contributed by atoms with E-state index in [9.17, 15) is 9.35 Å². The molecule has 0 aliphatic heterocycles. The molecule has 0 aliphatic carbocycles. The van der Waals surface area contributed by atoms with E-state index in [1.807, 2.05) is 44.2 Å². The summed E-state index contributed by atoms with van der Waals surface area (Å²) in [4.78, 5) is 13.5. The molecule has 0 saturated heterocycles. The van der Waals surface area contributed by atoms with Crippen LogP contribution >= 0.6 is 0 Å². The summed E-state index contributed by atoms with van der Waals surface area (Å²) in [6, 6.07) is 11.1. The van der Waals surface area contributed by atoms with E-state index in [-0.39, 0.29) is 5.56 Å². The SMILES string of the molecule is CCOc1ccc([S+]([O-])CC)cc1-c1cn(C)c(=O)c2ccc(/C(C=N)=C/NC)cc12. The number of nitrogens with one attached hydrogen (secondary N) is 2. The highest BCUT2D eigenvalue weighted by molar-refractivity contribution is 7.91. The number of ether oxygens (including phenoxy) is 1. The quantitative estimate of drug-likeness (QED) is 0.413. The number of hydrogen-bond acceptors (Lipinski definition) is 5. The van der Waals surface area contributed by atoms with Crippen LogP contribution in [0.15, 0.2) is 58.5 Å². The van der Waals surface area contributed by atoms with E-state index in [0.717, 1.165) is 27.0 Å². The Balaban J connectivity index is 2.38. The summed E-state index contributed by atoms with van der Waals surface area (Å²) in [5.74, 6) is 1.19. The van der Waals surface area contributed by atoms with E-state index < -0.39 is 11.2 Å². The highest BCUT2D eigenvalue weighted by Gasteiger charge is 2.18. The van der Waals surface area contributed by atoms with Crippen LogP contribution in [0.1, 0.15) is 19.4 Å². The fourth-order valence-corrected chi connectivity index (χ4v) is 4.34. The molecule has 1 aromatic heterocycles. The van der Waals surface area contributed by atoms with Gasteiger partial charge in [-0.25, -0.2) is 0 Å². The molecule has 3 rings (SSSR count). The third-order valence-electron chi connectivity index (χ3n) is 5.04. The Hall–Kier alpha value is -3.03. The third-order valence-corrected chi connectivity index (χ3v) is 6.34. The van der Waals surface area contributed by atoms with Crippen molar-refractivity contribution in [3.8, 4) is 16.9 Å². The molecular formula is C24H27N3O3S. The fraction of sp³-hybridized carbons (Fsp3) is 0.250. The molecule has 0 fully saturated rings. The van der Waals surface area contributed by atoms with Gasteiger partial charge in [0.2, 0.25) is 0 Å². The van der Waals surface area contributed by atoms with Crippen molar-refractivity contribution in [2.75, 3.05) is 19.4 Å². The first-order chi connectivity index (χ1) is 14.9. The van der Waals surface area contributed by atoms with Gasteiger partial charge in [-0.05, 0) is 60.2 Å². The summed E-state index contributed by atoms with van der Waals surface area (Å²) in [7, 11) is 3.50. The lowest BCUT2D eigenvalue weighted by Crippen LogP contribution is -2.17. The van der Waals surface area contributed by atoms with Gasteiger partial charge in [0.1, 0.15) is 11.5 Å². The molecule has 7 heteroatoms. The lowest BCUT2D eigenvalue weighted by Gasteiger charge is -2.17. The zero-order valence-electron chi connectivity index (χ0n) is 18.2. The van der Waals surface area contributed by atoms with Gasteiger partial charge in [-0.15, -0.1) is 0 Å². The number of aryl methyl sites for hydroxylation is 1. The first-order valence-corrected chi connectivity index (χ1v) is 11.4. The Morgan fingerprint density at radius 1 is 1.19 bits per heavy atom. The monoisotopic (exact) mass is 437 g/mol.